The summed E-state index contributed by atoms with van der Waals surface area (Å²) in [6, 6.07) is 0.442. The highest BCUT2D eigenvalue weighted by atomic mass is 16.4. The summed E-state index contributed by atoms with van der Waals surface area (Å²) in [4.78, 5) is 12.9. The fourth-order valence-corrected chi connectivity index (χ4v) is 1.67. The largest absolute Gasteiger partial charge is 0.480 e. The van der Waals surface area contributed by atoms with Crippen LogP contribution in [0.5, 0.6) is 0 Å². The minimum absolute atomic E-state index is 0.403. The van der Waals surface area contributed by atoms with Crippen molar-refractivity contribution in [1.82, 2.24) is 4.90 Å². The molecule has 4 heteroatoms. The summed E-state index contributed by atoms with van der Waals surface area (Å²) in [7, 11) is 1.94. The highest BCUT2D eigenvalue weighted by molar-refractivity contribution is 5.78. The van der Waals surface area contributed by atoms with Gasteiger partial charge in [-0.3, -0.25) is 4.79 Å². The molecule has 0 aromatic heterocycles. The van der Waals surface area contributed by atoms with Crippen LogP contribution in [0.4, 0.5) is 0 Å². The van der Waals surface area contributed by atoms with Gasteiger partial charge < -0.3 is 15.7 Å². The number of rotatable bonds is 5. The van der Waals surface area contributed by atoms with Crippen LogP contribution in [-0.2, 0) is 4.79 Å². The quantitative estimate of drug-likeness (QED) is 0.679. The Morgan fingerprint density at radius 1 is 1.71 bits per heavy atom. The van der Waals surface area contributed by atoms with Crippen molar-refractivity contribution in [3.8, 4) is 0 Å². The second kappa shape index (κ2) is 3.87. The number of carboxylic acids is 1. The van der Waals surface area contributed by atoms with Crippen LogP contribution in [0, 0.1) is 5.92 Å². The maximum absolute atomic E-state index is 10.8. The molecule has 4 nitrogen and oxygen atoms in total. The van der Waals surface area contributed by atoms with E-state index in [1.165, 1.54) is 12.8 Å². The molecule has 0 bridgehead atoms. The van der Waals surface area contributed by atoms with Gasteiger partial charge in [0.1, 0.15) is 5.54 Å². The maximum Gasteiger partial charge on any atom is 0.324 e. The lowest BCUT2D eigenvalue weighted by molar-refractivity contribution is -0.143. The van der Waals surface area contributed by atoms with Gasteiger partial charge in [-0.25, -0.2) is 0 Å². The maximum atomic E-state index is 10.8. The van der Waals surface area contributed by atoms with E-state index in [9.17, 15) is 4.79 Å². The number of nitrogens with zero attached hydrogens (tertiary/aromatic N) is 1. The van der Waals surface area contributed by atoms with E-state index in [0.29, 0.717) is 12.6 Å². The third-order valence-corrected chi connectivity index (χ3v) is 3.07. The monoisotopic (exact) mass is 200 g/mol. The van der Waals surface area contributed by atoms with Gasteiger partial charge in [-0.1, -0.05) is 0 Å². The first-order valence-corrected chi connectivity index (χ1v) is 5.07. The standard InChI is InChI=1S/C10H20N2O2/c1-7(8-4-5-8)12(3)6-10(2,11)9(13)14/h7-8H,4-6,11H2,1-3H3,(H,13,14). The lowest BCUT2D eigenvalue weighted by Gasteiger charge is -2.31. The smallest absolute Gasteiger partial charge is 0.324 e. The second-order valence-electron chi connectivity index (χ2n) is 4.72. The molecule has 0 amide bonds. The molecule has 14 heavy (non-hydrogen) atoms. The third kappa shape index (κ3) is 2.69. The number of aliphatic carboxylic acids is 1. The summed E-state index contributed by atoms with van der Waals surface area (Å²) < 4.78 is 0. The number of likely N-dealkylation sites (N-methyl/N-ethyl adjacent to an activating group) is 1. The van der Waals surface area contributed by atoms with E-state index in [1.54, 1.807) is 6.92 Å². The molecule has 1 aliphatic rings. The second-order valence-corrected chi connectivity index (χ2v) is 4.72. The van der Waals surface area contributed by atoms with Crippen LogP contribution in [0.15, 0.2) is 0 Å². The molecule has 1 saturated carbocycles. The Bertz CT molecular complexity index is 224. The molecular weight excluding hydrogens is 180 g/mol. The molecule has 0 aliphatic heterocycles. The van der Waals surface area contributed by atoms with Gasteiger partial charge in [0.05, 0.1) is 0 Å². The molecule has 1 aliphatic carbocycles. The molecule has 1 fully saturated rings. The van der Waals surface area contributed by atoms with E-state index in [2.05, 4.69) is 6.92 Å². The van der Waals surface area contributed by atoms with Crippen molar-refractivity contribution >= 4 is 5.97 Å². The average Bonchev–Trinajstić information content (AvgIpc) is 2.84. The van der Waals surface area contributed by atoms with Crippen molar-refractivity contribution in [2.45, 2.75) is 38.3 Å². The average molecular weight is 200 g/mol. The van der Waals surface area contributed by atoms with E-state index in [1.807, 2.05) is 11.9 Å². The number of carboxylic acid groups (broad SMARTS) is 1. The van der Waals surface area contributed by atoms with Crippen LogP contribution in [0.1, 0.15) is 26.7 Å². The molecule has 0 aromatic rings. The number of carbonyl (C=O) groups is 1. The van der Waals surface area contributed by atoms with Crippen molar-refractivity contribution in [1.29, 1.82) is 0 Å². The lowest BCUT2D eigenvalue weighted by Crippen LogP contribution is -2.54. The molecule has 82 valence electrons. The zero-order valence-corrected chi connectivity index (χ0v) is 9.16. The molecule has 3 N–H and O–H groups in total. The van der Waals surface area contributed by atoms with E-state index < -0.39 is 11.5 Å². The van der Waals surface area contributed by atoms with Crippen LogP contribution in [0.3, 0.4) is 0 Å². The van der Waals surface area contributed by atoms with Crippen molar-refractivity contribution < 1.29 is 9.90 Å². The molecule has 0 aromatic carbocycles. The topological polar surface area (TPSA) is 66.6 Å². The van der Waals surface area contributed by atoms with Gasteiger partial charge in [0.2, 0.25) is 0 Å². The van der Waals surface area contributed by atoms with Gasteiger partial charge in [-0.05, 0) is 39.7 Å². The predicted octanol–water partition coefficient (Wildman–Crippen LogP) is 0.519. The molecule has 1 rings (SSSR count). The van der Waals surface area contributed by atoms with Gasteiger partial charge in [0.25, 0.3) is 0 Å². The Morgan fingerprint density at radius 3 is 2.57 bits per heavy atom. The van der Waals surface area contributed by atoms with Gasteiger partial charge in [-0.2, -0.15) is 0 Å². The third-order valence-electron chi connectivity index (χ3n) is 3.07. The SMILES string of the molecule is CC(C1CC1)N(C)CC(C)(N)C(=O)O. The fraction of sp³-hybridized carbons (Fsp3) is 0.900. The van der Waals surface area contributed by atoms with E-state index >= 15 is 0 Å². The van der Waals surface area contributed by atoms with E-state index in [0.717, 1.165) is 5.92 Å². The predicted molar refractivity (Wildman–Crippen MR) is 55.0 cm³/mol. The first-order chi connectivity index (χ1) is 6.34. The molecule has 0 radical (unpaired) electrons. The fourth-order valence-electron chi connectivity index (χ4n) is 1.67. The summed E-state index contributed by atoms with van der Waals surface area (Å²) in [5.41, 5.74) is 4.54. The number of hydrogen-bond acceptors (Lipinski definition) is 3. The van der Waals surface area contributed by atoms with Crippen LogP contribution >= 0.6 is 0 Å². The van der Waals surface area contributed by atoms with Crippen molar-refractivity contribution in [2.75, 3.05) is 13.6 Å². The summed E-state index contributed by atoms with van der Waals surface area (Å²) >= 11 is 0. The molecular formula is C10H20N2O2. The van der Waals surface area contributed by atoms with Gasteiger partial charge in [-0.15, -0.1) is 0 Å². The van der Waals surface area contributed by atoms with Crippen LogP contribution in [0.2, 0.25) is 0 Å². The summed E-state index contributed by atoms with van der Waals surface area (Å²) in [5.74, 6) is -0.197. The highest BCUT2D eigenvalue weighted by Crippen LogP contribution is 2.34. The van der Waals surface area contributed by atoms with Crippen LogP contribution in [-0.4, -0.2) is 41.1 Å². The Labute approximate surface area is 85.1 Å². The molecule has 2 unspecified atom stereocenters. The normalized spacial score (nSPS) is 23.2. The summed E-state index contributed by atoms with van der Waals surface area (Å²) in [6.07, 6.45) is 2.53. The summed E-state index contributed by atoms with van der Waals surface area (Å²) in [5, 5.41) is 8.87. The Hall–Kier alpha value is -0.610. The van der Waals surface area contributed by atoms with Gasteiger partial charge in [0, 0.05) is 12.6 Å². The van der Waals surface area contributed by atoms with Crippen molar-refractivity contribution in [3.63, 3.8) is 0 Å². The minimum atomic E-state index is -1.14. The van der Waals surface area contributed by atoms with Crippen molar-refractivity contribution in [2.24, 2.45) is 11.7 Å². The molecule has 0 spiro atoms. The number of hydrogen-bond donors (Lipinski definition) is 2. The van der Waals surface area contributed by atoms with Crippen molar-refractivity contribution in [3.05, 3.63) is 0 Å². The Kier molecular flexibility index (Phi) is 3.17. The Morgan fingerprint density at radius 2 is 2.21 bits per heavy atom. The Balaban J connectivity index is 2.45. The van der Waals surface area contributed by atoms with Crippen LogP contribution < -0.4 is 5.73 Å². The van der Waals surface area contributed by atoms with Gasteiger partial charge >= 0.3 is 5.97 Å². The first-order valence-electron chi connectivity index (χ1n) is 5.07. The molecule has 0 heterocycles. The zero-order chi connectivity index (χ0) is 10.9. The minimum Gasteiger partial charge on any atom is -0.480 e. The van der Waals surface area contributed by atoms with E-state index in [-0.39, 0.29) is 0 Å². The summed E-state index contributed by atoms with van der Waals surface area (Å²) in [6.45, 7) is 4.10. The van der Waals surface area contributed by atoms with Crippen LogP contribution in [0.25, 0.3) is 0 Å². The molecule has 2 atom stereocenters. The number of nitrogens with two attached hydrogens (primary N) is 1. The zero-order valence-electron chi connectivity index (χ0n) is 9.16. The molecule has 0 saturated heterocycles. The van der Waals surface area contributed by atoms with E-state index in [4.69, 9.17) is 10.8 Å². The lowest BCUT2D eigenvalue weighted by atomic mass is 10.0. The highest BCUT2D eigenvalue weighted by Gasteiger charge is 2.35. The first kappa shape index (κ1) is 11.5. The van der Waals surface area contributed by atoms with Gasteiger partial charge in [0.15, 0.2) is 0 Å².